The van der Waals surface area contributed by atoms with E-state index in [2.05, 4.69) is 25.1 Å². The highest BCUT2D eigenvalue weighted by Crippen LogP contribution is 2.34. The van der Waals surface area contributed by atoms with Crippen LogP contribution in [0.5, 0.6) is 5.75 Å². The second-order valence-electron chi connectivity index (χ2n) is 9.11. The maximum absolute atomic E-state index is 12.4. The number of hydrogen-bond acceptors (Lipinski definition) is 7. The molecule has 1 saturated heterocycles. The van der Waals surface area contributed by atoms with Crippen molar-refractivity contribution in [1.82, 2.24) is 24.8 Å². The summed E-state index contributed by atoms with van der Waals surface area (Å²) >= 11 is 0. The summed E-state index contributed by atoms with van der Waals surface area (Å²) in [6.07, 6.45) is 1.72. The molecule has 10 nitrogen and oxygen atoms in total. The van der Waals surface area contributed by atoms with Crippen molar-refractivity contribution in [1.29, 1.82) is 0 Å². The Bertz CT molecular complexity index is 1330. The molecule has 5 rings (SSSR count). The molecule has 0 bridgehead atoms. The molecule has 4 heterocycles. The van der Waals surface area contributed by atoms with Crippen molar-refractivity contribution >= 4 is 29.1 Å². The van der Waals surface area contributed by atoms with E-state index in [0.717, 1.165) is 59.3 Å². The number of ether oxygens (including phenoxy) is 1. The molecule has 1 fully saturated rings. The number of nitrogens with zero attached hydrogens (tertiary/aromatic N) is 5. The van der Waals surface area contributed by atoms with Crippen molar-refractivity contribution < 1.29 is 14.3 Å². The molecule has 0 saturated carbocycles. The minimum Gasteiger partial charge on any atom is -0.495 e. The Hall–Kier alpha value is -4.08. The summed E-state index contributed by atoms with van der Waals surface area (Å²) in [5.74, 6) is 1.27. The highest BCUT2D eigenvalue weighted by Gasteiger charge is 2.27. The summed E-state index contributed by atoms with van der Waals surface area (Å²) in [6, 6.07) is 7.79. The molecule has 0 aliphatic carbocycles. The number of rotatable bonds is 5. The van der Waals surface area contributed by atoms with Crippen LogP contribution in [-0.2, 0) is 11.3 Å². The number of benzene rings is 1. The van der Waals surface area contributed by atoms with Gasteiger partial charge in [-0.3, -0.25) is 9.59 Å². The van der Waals surface area contributed by atoms with Crippen LogP contribution in [0.4, 0.5) is 17.3 Å². The summed E-state index contributed by atoms with van der Waals surface area (Å²) in [4.78, 5) is 37.4. The number of methoxy groups -OCH3 is 1. The van der Waals surface area contributed by atoms with Gasteiger partial charge >= 0.3 is 0 Å². The molecule has 0 atom stereocenters. The van der Waals surface area contributed by atoms with Crippen LogP contribution in [0.2, 0.25) is 0 Å². The van der Waals surface area contributed by atoms with Gasteiger partial charge in [0, 0.05) is 75.4 Å². The highest BCUT2D eigenvalue weighted by atomic mass is 16.5. The van der Waals surface area contributed by atoms with E-state index < -0.39 is 0 Å². The number of carbonyl (C=O) groups excluding carboxylic acids is 2. The van der Waals surface area contributed by atoms with Crippen LogP contribution in [0, 0.1) is 13.8 Å². The average Bonchev–Trinajstić information content (AvgIpc) is 3.14. The van der Waals surface area contributed by atoms with Crippen LogP contribution in [0.1, 0.15) is 28.7 Å². The summed E-state index contributed by atoms with van der Waals surface area (Å²) in [5, 5.41) is 6.21. The van der Waals surface area contributed by atoms with Crippen molar-refractivity contribution in [3.05, 3.63) is 47.4 Å². The zero-order chi connectivity index (χ0) is 25.4. The van der Waals surface area contributed by atoms with E-state index in [4.69, 9.17) is 9.72 Å². The van der Waals surface area contributed by atoms with E-state index in [1.165, 1.54) is 0 Å². The Labute approximate surface area is 210 Å². The van der Waals surface area contributed by atoms with Crippen molar-refractivity contribution in [3.63, 3.8) is 0 Å². The quantitative estimate of drug-likeness (QED) is 0.568. The van der Waals surface area contributed by atoms with Crippen molar-refractivity contribution in [2.75, 3.05) is 50.1 Å². The third-order valence-corrected chi connectivity index (χ3v) is 7.02. The molecule has 188 valence electrons. The van der Waals surface area contributed by atoms with Crippen molar-refractivity contribution in [2.24, 2.45) is 0 Å². The monoisotopic (exact) mass is 489 g/mol. The SMILES string of the molecule is COc1cc(Nc2nccc(-c3c(C)c4n(c3C)CCNC4=O)n2)ccc1N1CCN(C(C)=O)CC1. The van der Waals surface area contributed by atoms with Crippen LogP contribution < -0.4 is 20.3 Å². The number of piperazine rings is 1. The Morgan fingerprint density at radius 2 is 1.89 bits per heavy atom. The molecule has 3 aromatic rings. The predicted molar refractivity (Wildman–Crippen MR) is 138 cm³/mol. The first kappa shape index (κ1) is 23.7. The fraction of sp³-hybridized carbons (Fsp3) is 0.385. The second kappa shape index (κ2) is 9.52. The Morgan fingerprint density at radius 1 is 1.11 bits per heavy atom. The van der Waals surface area contributed by atoms with Crippen LogP contribution in [-0.4, -0.2) is 71.1 Å². The molecule has 0 spiro atoms. The number of fused-ring (bicyclic) bond motifs is 1. The first-order chi connectivity index (χ1) is 17.4. The van der Waals surface area contributed by atoms with Gasteiger partial charge in [0.05, 0.1) is 18.5 Å². The lowest BCUT2D eigenvalue weighted by Gasteiger charge is -2.36. The molecule has 2 aliphatic rings. The van der Waals surface area contributed by atoms with Gasteiger partial charge in [0.1, 0.15) is 11.4 Å². The van der Waals surface area contributed by atoms with Crippen molar-refractivity contribution in [2.45, 2.75) is 27.3 Å². The van der Waals surface area contributed by atoms with Gasteiger partial charge in [0.25, 0.3) is 5.91 Å². The summed E-state index contributed by atoms with van der Waals surface area (Å²) in [7, 11) is 1.65. The van der Waals surface area contributed by atoms with E-state index in [0.29, 0.717) is 31.3 Å². The average molecular weight is 490 g/mol. The number of amides is 2. The van der Waals surface area contributed by atoms with Crippen molar-refractivity contribution in [3.8, 4) is 17.0 Å². The molecule has 2 aliphatic heterocycles. The van der Waals surface area contributed by atoms with Gasteiger partial charge in [-0.05, 0) is 37.6 Å². The Kier molecular flexibility index (Phi) is 6.26. The molecule has 10 heteroatoms. The topological polar surface area (TPSA) is 105 Å². The summed E-state index contributed by atoms with van der Waals surface area (Å²) < 4.78 is 7.76. The largest absolute Gasteiger partial charge is 0.495 e. The molecule has 0 radical (unpaired) electrons. The maximum atomic E-state index is 12.4. The smallest absolute Gasteiger partial charge is 0.268 e. The number of anilines is 3. The maximum Gasteiger partial charge on any atom is 0.268 e. The van der Waals surface area contributed by atoms with E-state index >= 15 is 0 Å². The van der Waals surface area contributed by atoms with E-state index in [-0.39, 0.29) is 11.8 Å². The normalized spacial score (nSPS) is 15.4. The zero-order valence-corrected chi connectivity index (χ0v) is 21.1. The molecular formula is C26H31N7O3. The van der Waals surface area contributed by atoms with Crippen LogP contribution in [0.25, 0.3) is 11.3 Å². The second-order valence-corrected chi connectivity index (χ2v) is 9.11. The third-order valence-electron chi connectivity index (χ3n) is 7.02. The molecular weight excluding hydrogens is 458 g/mol. The van der Waals surface area contributed by atoms with Gasteiger partial charge in [-0.2, -0.15) is 0 Å². The molecule has 1 aromatic carbocycles. The summed E-state index contributed by atoms with van der Waals surface area (Å²) in [5.41, 5.74) is 6.17. The van der Waals surface area contributed by atoms with Gasteiger partial charge in [-0.15, -0.1) is 0 Å². The van der Waals surface area contributed by atoms with E-state index in [1.807, 2.05) is 43.0 Å². The van der Waals surface area contributed by atoms with E-state index in [1.54, 1.807) is 20.2 Å². The molecule has 2 N–H and O–H groups in total. The van der Waals surface area contributed by atoms with Gasteiger partial charge in [-0.1, -0.05) is 0 Å². The van der Waals surface area contributed by atoms with Gasteiger partial charge < -0.3 is 29.7 Å². The fourth-order valence-corrected chi connectivity index (χ4v) is 5.18. The highest BCUT2D eigenvalue weighted by molar-refractivity contribution is 5.97. The molecule has 36 heavy (non-hydrogen) atoms. The fourth-order valence-electron chi connectivity index (χ4n) is 5.18. The molecule has 0 unspecified atom stereocenters. The predicted octanol–water partition coefficient (Wildman–Crippen LogP) is 2.73. The Morgan fingerprint density at radius 3 is 2.58 bits per heavy atom. The number of hydrogen-bond donors (Lipinski definition) is 2. The first-order valence-corrected chi connectivity index (χ1v) is 12.1. The van der Waals surface area contributed by atoms with Crippen LogP contribution in [0.3, 0.4) is 0 Å². The summed E-state index contributed by atoms with van der Waals surface area (Å²) in [6.45, 7) is 9.89. The molecule has 2 aromatic heterocycles. The van der Waals surface area contributed by atoms with Crippen LogP contribution in [0.15, 0.2) is 30.5 Å². The third kappa shape index (κ3) is 4.23. The minimum absolute atomic E-state index is 0.0459. The van der Waals surface area contributed by atoms with Gasteiger partial charge in [0.15, 0.2) is 0 Å². The minimum atomic E-state index is -0.0459. The number of carbonyl (C=O) groups is 2. The molecule has 2 amide bonds. The first-order valence-electron chi connectivity index (χ1n) is 12.1. The lowest BCUT2D eigenvalue weighted by Crippen LogP contribution is -2.48. The number of aromatic nitrogens is 3. The van der Waals surface area contributed by atoms with Gasteiger partial charge in [0.2, 0.25) is 11.9 Å². The zero-order valence-electron chi connectivity index (χ0n) is 21.1. The lowest BCUT2D eigenvalue weighted by molar-refractivity contribution is -0.129. The van der Waals surface area contributed by atoms with Gasteiger partial charge in [-0.25, -0.2) is 9.97 Å². The Balaban J connectivity index is 1.38. The van der Waals surface area contributed by atoms with Crippen LogP contribution >= 0.6 is 0 Å². The lowest BCUT2D eigenvalue weighted by atomic mass is 10.1. The standard InChI is InChI=1S/C26H31N7O3/c1-16-23(17(2)33-10-9-27-25(35)24(16)33)20-7-8-28-26(30-20)29-19-5-6-21(22(15-19)36-4)32-13-11-31(12-14-32)18(3)34/h5-8,15H,9-14H2,1-4H3,(H,27,35)(H,28,29,30). The van der Waals surface area contributed by atoms with E-state index in [9.17, 15) is 9.59 Å². The number of nitrogens with one attached hydrogen (secondary N) is 2.